The number of nitrogens with one attached hydrogen (secondary N) is 3. The molecule has 370 valence electrons. The van der Waals surface area contributed by atoms with Gasteiger partial charge in [0.2, 0.25) is 12.0 Å². The molecule has 0 spiro atoms. The molecule has 2 aromatic heterocycles. The lowest BCUT2D eigenvalue weighted by atomic mass is 9.72. The molecule has 2 fully saturated rings. The highest BCUT2D eigenvalue weighted by molar-refractivity contribution is 7.90. The van der Waals surface area contributed by atoms with E-state index in [4.69, 9.17) is 30.5 Å². The molecule has 1 aliphatic carbocycles. The molecule has 6 heterocycles. The summed E-state index contributed by atoms with van der Waals surface area (Å²) in [6, 6.07) is 17.1. The summed E-state index contributed by atoms with van der Waals surface area (Å²) in [4.78, 5) is 38.4. The van der Waals surface area contributed by atoms with Crippen LogP contribution in [0.4, 0.5) is 41.6 Å². The number of benzene rings is 3. The first-order chi connectivity index (χ1) is 33.4. The zero-order valence-electron chi connectivity index (χ0n) is 38.2. The number of allylic oxidation sites excluding steroid dienone is 1. The van der Waals surface area contributed by atoms with Gasteiger partial charge in [-0.1, -0.05) is 43.2 Å². The predicted molar refractivity (Wildman–Crippen MR) is 256 cm³/mol. The number of halogens is 4. The molecule has 3 atom stereocenters. The van der Waals surface area contributed by atoms with Crippen molar-refractivity contribution in [2.45, 2.75) is 62.4 Å². The van der Waals surface area contributed by atoms with Crippen LogP contribution in [0.15, 0.2) is 83.4 Å². The van der Waals surface area contributed by atoms with Crippen molar-refractivity contribution in [3.05, 3.63) is 105 Å². The summed E-state index contributed by atoms with van der Waals surface area (Å²) < 4.78 is 96.8. The fourth-order valence-electron chi connectivity index (χ4n) is 9.81. The van der Waals surface area contributed by atoms with E-state index in [1.165, 1.54) is 22.1 Å². The first-order valence-corrected chi connectivity index (χ1v) is 24.8. The summed E-state index contributed by atoms with van der Waals surface area (Å²) >= 11 is 6.25. The van der Waals surface area contributed by atoms with Crippen molar-refractivity contribution < 1.29 is 50.3 Å². The zero-order chi connectivity index (χ0) is 49.1. The Kier molecular flexibility index (Phi) is 12.6. The third kappa shape index (κ3) is 9.68. The summed E-state index contributed by atoms with van der Waals surface area (Å²) in [5.41, 5.74) is 3.93. The van der Waals surface area contributed by atoms with E-state index in [9.17, 15) is 36.5 Å². The summed E-state index contributed by atoms with van der Waals surface area (Å²) in [6.45, 7) is 7.83. The third-order valence-electron chi connectivity index (χ3n) is 13.6. The van der Waals surface area contributed by atoms with E-state index in [1.807, 2.05) is 16.9 Å². The number of piperazine rings is 1. The van der Waals surface area contributed by atoms with Gasteiger partial charge in [0.1, 0.15) is 24.0 Å². The SMILES string of the molecule is CC1(C)CCC(CN2CCN(c3ccc(C(=O)NS(=O)(=O)c4cc5c(c([N+](=O)[O-])c4)N[C@@H]([C@@H]4COCCO4)CO5)c(N4C[C@@H](C(F)(F)F)Oc5nc6[nH]ccc6cc54)c3)CC2)=C(c2ccc(Cl)cc2)C1. The maximum atomic E-state index is 14.7. The van der Waals surface area contributed by atoms with Crippen molar-refractivity contribution in [3.63, 3.8) is 0 Å². The van der Waals surface area contributed by atoms with E-state index in [0.29, 0.717) is 55.5 Å². The van der Waals surface area contributed by atoms with Crippen molar-refractivity contribution in [1.82, 2.24) is 19.6 Å². The lowest BCUT2D eigenvalue weighted by Crippen LogP contribution is -2.48. The van der Waals surface area contributed by atoms with Gasteiger partial charge < -0.3 is 39.0 Å². The number of carbonyl (C=O) groups is 1. The van der Waals surface area contributed by atoms with Gasteiger partial charge >= 0.3 is 6.18 Å². The predicted octanol–water partition coefficient (Wildman–Crippen LogP) is 8.08. The first-order valence-electron chi connectivity index (χ1n) is 22.9. The van der Waals surface area contributed by atoms with Crippen molar-refractivity contribution in [2.24, 2.45) is 5.41 Å². The second-order valence-corrected chi connectivity index (χ2v) is 21.1. The standard InChI is InChI=1S/C48H50ClF3N8O9S/c1-47(2)11-9-30(35(23-47)28-3-5-31(49)6-4-28)24-57-13-15-58(16-14-57)32-7-8-34(37(20-32)59-25-42(48(50,51)52)69-46-39(59)19-29-10-12-53-44(29)55-46)45(61)56-70(64,65)33-21-38(60(62)63)43-40(22-33)68-26-36(54-43)41-27-66-17-18-67-41/h3-8,10,12,19-22,36,41-42,54H,9,11,13-18,23-27H2,1-2H3,(H,53,55)(H,56,61)/t36-,41+,42+/m1/s1. The van der Waals surface area contributed by atoms with E-state index in [-0.39, 0.29) is 58.5 Å². The number of pyridine rings is 1. The van der Waals surface area contributed by atoms with E-state index in [2.05, 4.69) is 51.1 Å². The first kappa shape index (κ1) is 47.5. The van der Waals surface area contributed by atoms with Gasteiger partial charge in [0.15, 0.2) is 11.4 Å². The molecule has 2 saturated heterocycles. The Labute approximate surface area is 406 Å². The number of anilines is 4. The smallest absolute Gasteiger partial charge is 0.427 e. The number of amides is 1. The third-order valence-corrected chi connectivity index (χ3v) is 15.2. The number of nitro benzene ring substituents is 1. The fourth-order valence-corrected chi connectivity index (χ4v) is 10.9. The normalized spacial score (nSPS) is 21.8. The molecule has 0 unspecified atom stereocenters. The molecule has 5 aliphatic rings. The van der Waals surface area contributed by atoms with Gasteiger partial charge in [0, 0.05) is 67.1 Å². The number of carbonyl (C=O) groups excluding carboxylic acids is 1. The van der Waals surface area contributed by atoms with Gasteiger partial charge in [-0.2, -0.15) is 18.2 Å². The second kappa shape index (κ2) is 18.6. The average molecular weight is 1010 g/mol. The number of aromatic amines is 1. The number of sulfonamides is 1. The van der Waals surface area contributed by atoms with Gasteiger partial charge in [-0.25, -0.2) is 13.1 Å². The number of H-pyrrole nitrogens is 1. The molecule has 4 aliphatic heterocycles. The number of alkyl halides is 3. The highest BCUT2D eigenvalue weighted by Gasteiger charge is 2.47. The summed E-state index contributed by atoms with van der Waals surface area (Å²) in [7, 11) is -4.90. The van der Waals surface area contributed by atoms with Crippen LogP contribution in [0.25, 0.3) is 16.6 Å². The number of aromatic nitrogens is 2. The molecule has 0 bridgehead atoms. The van der Waals surface area contributed by atoms with Crippen molar-refractivity contribution in [2.75, 3.05) is 80.8 Å². The van der Waals surface area contributed by atoms with Crippen LogP contribution in [0.1, 0.15) is 49.0 Å². The number of ether oxygens (including phenoxy) is 4. The summed E-state index contributed by atoms with van der Waals surface area (Å²) in [5.74, 6) is -1.69. The van der Waals surface area contributed by atoms with Crippen LogP contribution >= 0.6 is 11.6 Å². The van der Waals surface area contributed by atoms with E-state index in [0.717, 1.165) is 43.5 Å². The van der Waals surface area contributed by atoms with Crippen molar-refractivity contribution in [1.29, 1.82) is 0 Å². The van der Waals surface area contributed by atoms with Gasteiger partial charge in [0.05, 0.1) is 53.5 Å². The lowest BCUT2D eigenvalue weighted by molar-refractivity contribution is -0.384. The van der Waals surface area contributed by atoms with Gasteiger partial charge in [0.25, 0.3) is 21.6 Å². The van der Waals surface area contributed by atoms with Crippen LogP contribution in [0, 0.1) is 15.5 Å². The van der Waals surface area contributed by atoms with E-state index in [1.54, 1.807) is 30.5 Å². The van der Waals surface area contributed by atoms with Gasteiger partial charge in [-0.05, 0) is 78.3 Å². The molecule has 70 heavy (non-hydrogen) atoms. The molecule has 22 heteroatoms. The van der Waals surface area contributed by atoms with Crippen LogP contribution in [0.3, 0.4) is 0 Å². The molecule has 1 amide bonds. The minimum absolute atomic E-state index is 0.0372. The fraction of sp³-hybridized carbons (Fsp3) is 0.417. The molecule has 17 nitrogen and oxygen atoms in total. The quantitative estimate of drug-likeness (QED) is 0.0898. The number of fused-ring (bicyclic) bond motifs is 3. The molecular formula is C48H50ClF3N8O9S. The Bertz CT molecular complexity index is 2990. The summed E-state index contributed by atoms with van der Waals surface area (Å²) in [6.07, 6.45) is -3.21. The molecule has 0 saturated carbocycles. The zero-order valence-corrected chi connectivity index (χ0v) is 39.8. The minimum Gasteiger partial charge on any atom is -0.489 e. The number of rotatable bonds is 10. The van der Waals surface area contributed by atoms with Gasteiger partial charge in [-0.15, -0.1) is 0 Å². The topological polar surface area (TPSA) is 194 Å². The number of hydrogen-bond donors (Lipinski definition) is 3. The maximum Gasteiger partial charge on any atom is 0.427 e. The number of nitrogens with zero attached hydrogens (tertiary/aromatic N) is 5. The van der Waals surface area contributed by atoms with Crippen molar-refractivity contribution >= 4 is 72.6 Å². The summed E-state index contributed by atoms with van der Waals surface area (Å²) in [5, 5.41) is 16.6. The van der Waals surface area contributed by atoms with Crippen LogP contribution in [0.5, 0.6) is 11.6 Å². The monoisotopic (exact) mass is 1010 g/mol. The molecular weight excluding hydrogens is 957 g/mol. The molecule has 10 rings (SSSR count). The molecule has 3 N–H and O–H groups in total. The molecule has 3 aromatic carbocycles. The van der Waals surface area contributed by atoms with E-state index < -0.39 is 62.4 Å². The molecule has 5 aromatic rings. The van der Waals surface area contributed by atoms with Crippen LogP contribution in [-0.4, -0.2) is 124 Å². The Morgan fingerprint density at radius 2 is 1.80 bits per heavy atom. The van der Waals surface area contributed by atoms with Crippen LogP contribution in [0.2, 0.25) is 5.02 Å². The largest absolute Gasteiger partial charge is 0.489 e. The average Bonchev–Trinajstić information content (AvgIpc) is 3.80. The number of nitro groups is 1. The highest BCUT2D eigenvalue weighted by Crippen LogP contribution is 2.46. The van der Waals surface area contributed by atoms with Crippen LogP contribution < -0.4 is 29.3 Å². The number of hydrogen-bond acceptors (Lipinski definition) is 14. The second-order valence-electron chi connectivity index (χ2n) is 18.9. The van der Waals surface area contributed by atoms with Gasteiger partial charge in [-0.3, -0.25) is 19.8 Å². The Morgan fingerprint density at radius 1 is 1.01 bits per heavy atom. The highest BCUT2D eigenvalue weighted by atomic mass is 35.5. The molecule has 0 radical (unpaired) electrons. The van der Waals surface area contributed by atoms with Crippen LogP contribution in [-0.2, 0) is 19.5 Å². The van der Waals surface area contributed by atoms with E-state index >= 15 is 0 Å². The van der Waals surface area contributed by atoms with Crippen molar-refractivity contribution in [3.8, 4) is 11.6 Å². The lowest BCUT2D eigenvalue weighted by Gasteiger charge is -2.40. The minimum atomic E-state index is -4.90. The Morgan fingerprint density at radius 3 is 2.53 bits per heavy atom. The Hall–Kier alpha value is -6.13. The Balaban J connectivity index is 0.962. The maximum absolute atomic E-state index is 14.7.